The lowest BCUT2D eigenvalue weighted by Gasteiger charge is -2.10. The third-order valence-electron chi connectivity index (χ3n) is 3.23. The molecule has 1 unspecified atom stereocenters. The molecule has 0 spiro atoms. The number of thiazole rings is 1. The highest BCUT2D eigenvalue weighted by Crippen LogP contribution is 2.29. The summed E-state index contributed by atoms with van der Waals surface area (Å²) < 4.78 is 44.5. The van der Waals surface area contributed by atoms with Crippen LogP contribution in [0.25, 0.3) is 5.69 Å². The van der Waals surface area contributed by atoms with Crippen LogP contribution in [0.1, 0.15) is 17.4 Å². The number of benzene rings is 1. The van der Waals surface area contributed by atoms with Gasteiger partial charge in [-0.3, -0.25) is 4.57 Å². The number of hydrogen-bond acceptors (Lipinski definition) is 3. The molecule has 1 atom stereocenters. The largest absolute Gasteiger partial charge is 0.416 e. The van der Waals surface area contributed by atoms with Crippen LogP contribution in [0.15, 0.2) is 35.5 Å². The van der Waals surface area contributed by atoms with Crippen molar-refractivity contribution >= 4 is 17.4 Å². The van der Waals surface area contributed by atoms with Crippen LogP contribution in [0, 0.1) is 6.92 Å². The van der Waals surface area contributed by atoms with Gasteiger partial charge in [-0.05, 0) is 38.1 Å². The predicted octanol–water partition coefficient (Wildman–Crippen LogP) is 3.51. The molecule has 0 fully saturated rings. The smallest absolute Gasteiger partial charge is 0.383 e. The number of rotatable bonds is 4. The third-order valence-corrected chi connectivity index (χ3v) is 4.12. The molecule has 5 nitrogen and oxygen atoms in total. The van der Waals surface area contributed by atoms with E-state index in [4.69, 9.17) is 4.74 Å². The molecule has 0 saturated carbocycles. The summed E-state index contributed by atoms with van der Waals surface area (Å²) in [5, 5.41) is 2.66. The summed E-state index contributed by atoms with van der Waals surface area (Å²) in [5.74, 6) is 0. The van der Waals surface area contributed by atoms with Crippen LogP contribution in [-0.2, 0) is 10.9 Å². The van der Waals surface area contributed by atoms with Crippen molar-refractivity contribution in [2.45, 2.75) is 26.1 Å². The number of urea groups is 1. The molecule has 1 N–H and O–H groups in total. The van der Waals surface area contributed by atoms with E-state index in [1.54, 1.807) is 17.7 Å². The lowest BCUT2D eigenvalue weighted by atomic mass is 10.2. The summed E-state index contributed by atoms with van der Waals surface area (Å²) >= 11 is 1.27. The monoisotopic (exact) mass is 373 g/mol. The highest BCUT2D eigenvalue weighted by atomic mass is 32.1. The minimum absolute atomic E-state index is 0.207. The maximum atomic E-state index is 12.7. The van der Waals surface area contributed by atoms with Crippen molar-refractivity contribution in [1.82, 2.24) is 9.88 Å². The summed E-state index contributed by atoms with van der Waals surface area (Å²) in [6, 6.07) is 3.95. The van der Waals surface area contributed by atoms with Crippen molar-refractivity contribution in [2.24, 2.45) is 4.99 Å². The molecule has 136 valence electrons. The van der Waals surface area contributed by atoms with Gasteiger partial charge in [0, 0.05) is 23.9 Å². The fraction of sp³-hybridized carbons (Fsp3) is 0.375. The second-order valence-corrected chi connectivity index (χ2v) is 6.67. The van der Waals surface area contributed by atoms with Crippen LogP contribution in [0.3, 0.4) is 0 Å². The van der Waals surface area contributed by atoms with Crippen molar-refractivity contribution < 1.29 is 22.7 Å². The first-order valence-corrected chi connectivity index (χ1v) is 8.23. The van der Waals surface area contributed by atoms with Gasteiger partial charge in [-0.15, -0.1) is 11.3 Å². The molecule has 0 bridgehead atoms. The second-order valence-electron chi connectivity index (χ2n) is 5.46. The Bertz CT molecular complexity index is 794. The van der Waals surface area contributed by atoms with Gasteiger partial charge in [-0.2, -0.15) is 18.2 Å². The van der Waals surface area contributed by atoms with Gasteiger partial charge in [0.2, 0.25) is 0 Å². The highest BCUT2D eigenvalue weighted by molar-refractivity contribution is 7.09. The van der Waals surface area contributed by atoms with Crippen LogP contribution in [0.2, 0.25) is 0 Å². The number of ether oxygens (including phenoxy) is 1. The molecule has 2 amide bonds. The Balaban J connectivity index is 2.31. The molecule has 1 heterocycles. The molecule has 25 heavy (non-hydrogen) atoms. The van der Waals surface area contributed by atoms with Crippen molar-refractivity contribution in [2.75, 3.05) is 13.7 Å². The first-order valence-electron chi connectivity index (χ1n) is 7.41. The molecule has 2 rings (SSSR count). The van der Waals surface area contributed by atoms with Crippen molar-refractivity contribution in [3.05, 3.63) is 45.7 Å². The zero-order valence-corrected chi connectivity index (χ0v) is 14.7. The van der Waals surface area contributed by atoms with Crippen LogP contribution in [-0.4, -0.2) is 30.4 Å². The zero-order valence-electron chi connectivity index (χ0n) is 13.9. The van der Waals surface area contributed by atoms with Gasteiger partial charge >= 0.3 is 12.2 Å². The summed E-state index contributed by atoms with van der Waals surface area (Å²) in [6.45, 7) is 3.96. The summed E-state index contributed by atoms with van der Waals surface area (Å²) in [6.07, 6.45) is -2.67. The van der Waals surface area contributed by atoms with Crippen LogP contribution >= 0.6 is 11.3 Å². The molecule has 0 aliphatic heterocycles. The average molecular weight is 373 g/mol. The molecule has 1 aromatic carbocycles. The zero-order chi connectivity index (χ0) is 18.6. The van der Waals surface area contributed by atoms with Crippen LogP contribution < -0.4 is 10.1 Å². The fourth-order valence-corrected chi connectivity index (χ4v) is 2.98. The Morgan fingerprint density at radius 2 is 2.00 bits per heavy atom. The maximum absolute atomic E-state index is 12.7. The van der Waals surface area contributed by atoms with Gasteiger partial charge in [-0.1, -0.05) is 0 Å². The van der Waals surface area contributed by atoms with E-state index in [0.717, 1.165) is 17.0 Å². The third kappa shape index (κ3) is 5.17. The van der Waals surface area contributed by atoms with E-state index in [9.17, 15) is 18.0 Å². The van der Waals surface area contributed by atoms with Crippen molar-refractivity contribution in [1.29, 1.82) is 0 Å². The van der Waals surface area contributed by atoms with E-state index in [1.807, 2.05) is 6.92 Å². The van der Waals surface area contributed by atoms with Gasteiger partial charge < -0.3 is 10.1 Å². The average Bonchev–Trinajstić information content (AvgIpc) is 2.87. The molecule has 1 aromatic heterocycles. The number of nitrogens with one attached hydrogen (secondary N) is 1. The minimum atomic E-state index is -4.39. The van der Waals surface area contributed by atoms with Gasteiger partial charge in [0.15, 0.2) is 4.80 Å². The lowest BCUT2D eigenvalue weighted by molar-refractivity contribution is -0.137. The Morgan fingerprint density at radius 3 is 2.56 bits per heavy atom. The van der Waals surface area contributed by atoms with Crippen LogP contribution in [0.5, 0.6) is 0 Å². The van der Waals surface area contributed by atoms with Crippen molar-refractivity contribution in [3.8, 4) is 5.69 Å². The maximum Gasteiger partial charge on any atom is 0.416 e. The number of halogens is 3. The molecule has 0 radical (unpaired) electrons. The standard InChI is InChI=1S/C16H18F3N3O2S/c1-10(9-24-3)20-14(23)21-15-22(8-11(2)25-15)13-6-4-12(5-7-13)16(17,18)19/h4-8,10H,9H2,1-3H3,(H,20,23). The molecule has 9 heteroatoms. The molecule has 0 saturated heterocycles. The number of nitrogens with zero attached hydrogens (tertiary/aromatic N) is 2. The van der Waals surface area contributed by atoms with Gasteiger partial charge in [0.25, 0.3) is 0 Å². The Kier molecular flexibility index (Phi) is 6.02. The fourth-order valence-electron chi connectivity index (χ4n) is 2.15. The number of amides is 2. The summed E-state index contributed by atoms with van der Waals surface area (Å²) in [7, 11) is 1.53. The minimum Gasteiger partial charge on any atom is -0.383 e. The predicted molar refractivity (Wildman–Crippen MR) is 88.8 cm³/mol. The van der Waals surface area contributed by atoms with E-state index in [0.29, 0.717) is 17.1 Å². The lowest BCUT2D eigenvalue weighted by Crippen LogP contribution is -2.34. The topological polar surface area (TPSA) is 55.6 Å². The number of methoxy groups -OCH3 is 1. The first-order chi connectivity index (χ1) is 11.7. The number of alkyl halides is 3. The van der Waals surface area contributed by atoms with Gasteiger partial charge in [-0.25, -0.2) is 4.79 Å². The Hall–Kier alpha value is -2.13. The molecule has 0 aliphatic rings. The quantitative estimate of drug-likeness (QED) is 0.892. The van der Waals surface area contributed by atoms with E-state index in [2.05, 4.69) is 10.3 Å². The van der Waals surface area contributed by atoms with E-state index in [-0.39, 0.29) is 6.04 Å². The normalized spacial score (nSPS) is 13.8. The second kappa shape index (κ2) is 7.83. The van der Waals surface area contributed by atoms with Gasteiger partial charge in [0.05, 0.1) is 18.2 Å². The number of carbonyl (C=O) groups is 1. The van der Waals surface area contributed by atoms with E-state index < -0.39 is 17.8 Å². The first kappa shape index (κ1) is 19.2. The van der Waals surface area contributed by atoms with Crippen molar-refractivity contribution in [3.63, 3.8) is 0 Å². The highest BCUT2D eigenvalue weighted by Gasteiger charge is 2.30. The Labute approximate surface area is 146 Å². The summed E-state index contributed by atoms with van der Waals surface area (Å²) in [5.41, 5.74) is -0.234. The van der Waals surface area contributed by atoms with Crippen LogP contribution in [0.4, 0.5) is 18.0 Å². The molecule has 0 aliphatic carbocycles. The number of aromatic nitrogens is 1. The molecule has 2 aromatic rings. The van der Waals surface area contributed by atoms with E-state index in [1.165, 1.54) is 30.6 Å². The molecular weight excluding hydrogens is 355 g/mol. The molecular formula is C16H18F3N3O2S. The van der Waals surface area contributed by atoms with Gasteiger partial charge in [0.1, 0.15) is 0 Å². The van der Waals surface area contributed by atoms with E-state index >= 15 is 0 Å². The number of aryl methyl sites for hydroxylation is 1. The Morgan fingerprint density at radius 1 is 1.36 bits per heavy atom. The number of carbonyl (C=O) groups excluding carboxylic acids is 1. The SMILES string of the molecule is COCC(C)NC(=O)N=c1sc(C)cn1-c1ccc(C(F)(F)F)cc1. The summed E-state index contributed by atoms with van der Waals surface area (Å²) in [4.78, 5) is 17.2. The number of hydrogen-bond donors (Lipinski definition) is 1.